The summed E-state index contributed by atoms with van der Waals surface area (Å²) in [4.78, 5) is 0. The molecule has 0 aliphatic heterocycles. The van der Waals surface area contributed by atoms with Crippen molar-refractivity contribution in [2.75, 3.05) is 21.3 Å². The monoisotopic (exact) mass is 545 g/mol. The van der Waals surface area contributed by atoms with Gasteiger partial charge in [-0.3, -0.25) is 0 Å². The summed E-state index contributed by atoms with van der Waals surface area (Å²) >= 11 is 0. The maximum Gasteiger partial charge on any atom is 0.282 e. The molecule has 0 aromatic rings. The second-order valence-corrected chi connectivity index (χ2v) is 13.2. The zero-order chi connectivity index (χ0) is 28.9. The van der Waals surface area contributed by atoms with Crippen LogP contribution in [-0.2, 0) is 23.7 Å². The zero-order valence-corrected chi connectivity index (χ0v) is 27.4. The van der Waals surface area contributed by atoms with E-state index in [4.69, 9.17) is 23.7 Å². The van der Waals surface area contributed by atoms with Gasteiger partial charge in [-0.05, 0) is 60.8 Å². The smallest absolute Gasteiger partial charge is 0.282 e. The van der Waals surface area contributed by atoms with Gasteiger partial charge in [0.2, 0.25) is 0 Å². The Bertz CT molecular complexity index is 494. The van der Waals surface area contributed by atoms with Crippen LogP contribution in [0, 0.1) is 5.92 Å². The lowest BCUT2D eigenvalue weighted by Crippen LogP contribution is -2.40. The molecule has 0 heterocycles. The molecule has 1 atom stereocenters. The van der Waals surface area contributed by atoms with Crippen LogP contribution in [0.3, 0.4) is 0 Å². The van der Waals surface area contributed by atoms with E-state index < -0.39 is 5.97 Å². The standard InChI is InChI=1S/C33H68O5/c1-11-12-13-14-17-20-23-26-29(30(37-31(2,3)4)38-32(5,6)7)27-24-21-18-15-16-19-22-25-28-33(34-8,35-9)36-10/h29-30H,11-28H2,1-10H3. The van der Waals surface area contributed by atoms with E-state index in [0.29, 0.717) is 5.92 Å². The molecule has 0 fully saturated rings. The van der Waals surface area contributed by atoms with Gasteiger partial charge in [0, 0.05) is 33.7 Å². The molecule has 5 heteroatoms. The molecular weight excluding hydrogens is 476 g/mol. The quantitative estimate of drug-likeness (QED) is 0.0845. The molecule has 0 aliphatic rings. The Kier molecular flexibility index (Phi) is 21.4. The third-order valence-electron chi connectivity index (χ3n) is 7.24. The van der Waals surface area contributed by atoms with Crippen LogP contribution < -0.4 is 0 Å². The summed E-state index contributed by atoms with van der Waals surface area (Å²) in [5.41, 5.74) is -0.409. The molecule has 0 spiro atoms. The van der Waals surface area contributed by atoms with E-state index in [-0.39, 0.29) is 17.5 Å². The number of unbranched alkanes of at least 4 members (excludes halogenated alkanes) is 13. The molecule has 0 bridgehead atoms. The first kappa shape index (κ1) is 37.8. The van der Waals surface area contributed by atoms with Crippen molar-refractivity contribution in [1.29, 1.82) is 0 Å². The number of ether oxygens (including phenoxy) is 5. The average Bonchev–Trinajstić information content (AvgIpc) is 2.84. The molecule has 0 rings (SSSR count). The molecule has 5 nitrogen and oxygen atoms in total. The van der Waals surface area contributed by atoms with E-state index in [1.165, 1.54) is 103 Å². The molecule has 0 N–H and O–H groups in total. The number of hydrogen-bond donors (Lipinski definition) is 0. The molecule has 0 aliphatic carbocycles. The number of rotatable bonds is 25. The fourth-order valence-corrected chi connectivity index (χ4v) is 5.06. The summed E-state index contributed by atoms with van der Waals surface area (Å²) in [7, 11) is 4.91. The highest BCUT2D eigenvalue weighted by Crippen LogP contribution is 2.30. The van der Waals surface area contributed by atoms with Gasteiger partial charge in [-0.2, -0.15) is 0 Å². The van der Waals surface area contributed by atoms with Gasteiger partial charge >= 0.3 is 0 Å². The molecule has 0 aromatic heterocycles. The van der Waals surface area contributed by atoms with Crippen molar-refractivity contribution < 1.29 is 23.7 Å². The first-order chi connectivity index (χ1) is 17.9. The van der Waals surface area contributed by atoms with Gasteiger partial charge in [-0.25, -0.2) is 0 Å². The third-order valence-corrected chi connectivity index (χ3v) is 7.24. The minimum Gasteiger partial charge on any atom is -0.347 e. The fourth-order valence-electron chi connectivity index (χ4n) is 5.06. The Balaban J connectivity index is 4.53. The van der Waals surface area contributed by atoms with Crippen LogP contribution in [0.15, 0.2) is 0 Å². The third kappa shape index (κ3) is 20.7. The zero-order valence-electron chi connectivity index (χ0n) is 27.4. The minimum absolute atomic E-state index is 0.131. The Morgan fingerprint density at radius 2 is 0.816 bits per heavy atom. The maximum absolute atomic E-state index is 6.52. The summed E-state index contributed by atoms with van der Waals surface area (Å²) in [6.45, 7) is 15.2. The van der Waals surface area contributed by atoms with Crippen LogP contribution >= 0.6 is 0 Å². The van der Waals surface area contributed by atoms with Crippen molar-refractivity contribution in [2.45, 2.75) is 188 Å². The normalized spacial score (nSPS) is 14.0. The fraction of sp³-hybridized carbons (Fsp3) is 1.00. The second-order valence-electron chi connectivity index (χ2n) is 13.2. The first-order valence-electron chi connectivity index (χ1n) is 15.9. The maximum atomic E-state index is 6.52. The van der Waals surface area contributed by atoms with E-state index in [0.717, 1.165) is 12.8 Å². The Morgan fingerprint density at radius 1 is 0.474 bits per heavy atom. The summed E-state index contributed by atoms with van der Waals surface area (Å²) < 4.78 is 29.2. The minimum atomic E-state index is -0.878. The van der Waals surface area contributed by atoms with Crippen molar-refractivity contribution >= 4 is 0 Å². The molecule has 230 valence electrons. The van der Waals surface area contributed by atoms with Gasteiger partial charge in [0.05, 0.1) is 11.2 Å². The van der Waals surface area contributed by atoms with E-state index in [1.54, 1.807) is 21.3 Å². The SMILES string of the molecule is CCCCCCCCCC(CCCCCCCCCCC(OC)(OC)OC)C(OC(C)(C)C)OC(C)(C)C. The largest absolute Gasteiger partial charge is 0.347 e. The first-order valence-corrected chi connectivity index (χ1v) is 15.9. The highest BCUT2D eigenvalue weighted by atomic mass is 16.9. The van der Waals surface area contributed by atoms with E-state index in [2.05, 4.69) is 48.5 Å². The van der Waals surface area contributed by atoms with Crippen LogP contribution in [0.4, 0.5) is 0 Å². The number of hydrogen-bond acceptors (Lipinski definition) is 5. The van der Waals surface area contributed by atoms with Crippen molar-refractivity contribution in [1.82, 2.24) is 0 Å². The van der Waals surface area contributed by atoms with Gasteiger partial charge < -0.3 is 23.7 Å². The molecule has 0 saturated heterocycles. The van der Waals surface area contributed by atoms with Crippen molar-refractivity contribution in [3.63, 3.8) is 0 Å². The van der Waals surface area contributed by atoms with Gasteiger partial charge in [0.1, 0.15) is 0 Å². The molecule has 0 amide bonds. The van der Waals surface area contributed by atoms with Crippen molar-refractivity contribution in [3.05, 3.63) is 0 Å². The predicted molar refractivity (Wildman–Crippen MR) is 161 cm³/mol. The summed E-state index contributed by atoms with van der Waals surface area (Å²) in [5, 5.41) is 0. The van der Waals surface area contributed by atoms with Crippen molar-refractivity contribution in [3.8, 4) is 0 Å². The summed E-state index contributed by atoms with van der Waals surface area (Å²) in [6, 6.07) is 0. The van der Waals surface area contributed by atoms with Crippen LogP contribution in [0.2, 0.25) is 0 Å². The Morgan fingerprint density at radius 3 is 1.16 bits per heavy atom. The lowest BCUT2D eigenvalue weighted by molar-refractivity contribution is -0.355. The van der Waals surface area contributed by atoms with Crippen LogP contribution in [0.5, 0.6) is 0 Å². The van der Waals surface area contributed by atoms with E-state index >= 15 is 0 Å². The van der Waals surface area contributed by atoms with Gasteiger partial charge in [0.25, 0.3) is 5.97 Å². The topological polar surface area (TPSA) is 46.2 Å². The molecular formula is C33H68O5. The lowest BCUT2D eigenvalue weighted by Gasteiger charge is -2.37. The molecule has 0 saturated carbocycles. The van der Waals surface area contributed by atoms with E-state index in [9.17, 15) is 0 Å². The van der Waals surface area contributed by atoms with Crippen molar-refractivity contribution in [2.24, 2.45) is 5.92 Å². The van der Waals surface area contributed by atoms with Gasteiger partial charge in [-0.15, -0.1) is 0 Å². The molecule has 1 unspecified atom stereocenters. The lowest BCUT2D eigenvalue weighted by atomic mass is 9.92. The second kappa shape index (κ2) is 21.5. The van der Waals surface area contributed by atoms with E-state index in [1.807, 2.05) is 0 Å². The number of methoxy groups -OCH3 is 3. The highest BCUT2D eigenvalue weighted by molar-refractivity contribution is 4.73. The highest BCUT2D eigenvalue weighted by Gasteiger charge is 2.31. The Hall–Kier alpha value is -0.200. The van der Waals surface area contributed by atoms with Crippen LogP contribution in [-0.4, -0.2) is 44.8 Å². The average molecular weight is 545 g/mol. The van der Waals surface area contributed by atoms with Crippen LogP contribution in [0.25, 0.3) is 0 Å². The van der Waals surface area contributed by atoms with Crippen LogP contribution in [0.1, 0.15) is 164 Å². The molecule has 38 heavy (non-hydrogen) atoms. The van der Waals surface area contributed by atoms with Gasteiger partial charge in [-0.1, -0.05) is 96.8 Å². The molecule has 0 aromatic carbocycles. The summed E-state index contributed by atoms with van der Waals surface area (Å²) in [5.74, 6) is -0.414. The molecule has 0 radical (unpaired) electrons. The Labute approximate surface area is 238 Å². The van der Waals surface area contributed by atoms with Gasteiger partial charge in [0.15, 0.2) is 6.29 Å². The predicted octanol–water partition coefficient (Wildman–Crippen LogP) is 10.2. The summed E-state index contributed by atoms with van der Waals surface area (Å²) in [6.07, 6.45) is 22.4.